The van der Waals surface area contributed by atoms with Crippen molar-refractivity contribution >= 4 is 23.1 Å². The van der Waals surface area contributed by atoms with Crippen LogP contribution in [0.15, 0.2) is 0 Å². The van der Waals surface area contributed by atoms with Crippen molar-refractivity contribution in [2.24, 2.45) is 5.73 Å². The first-order valence-corrected chi connectivity index (χ1v) is 4.10. The predicted octanol–water partition coefficient (Wildman–Crippen LogP) is 0.283. The lowest BCUT2D eigenvalue weighted by Crippen LogP contribution is -2.41. The minimum absolute atomic E-state index is 0.0162. The summed E-state index contributed by atoms with van der Waals surface area (Å²) in [7, 11) is 0. The van der Waals surface area contributed by atoms with Crippen LogP contribution in [-0.2, 0) is 4.79 Å². The van der Waals surface area contributed by atoms with Gasteiger partial charge in [-0.3, -0.25) is 4.79 Å². The molecule has 1 saturated heterocycles. The minimum Gasteiger partial charge on any atom is -0.392 e. The lowest BCUT2D eigenvalue weighted by molar-refractivity contribution is -0.128. The molecular weight excluding hydrogens is 160 g/mol. The monoisotopic (exact) mass is 172 g/mol. The van der Waals surface area contributed by atoms with E-state index in [0.29, 0.717) is 4.99 Å². The van der Waals surface area contributed by atoms with Gasteiger partial charge in [0.15, 0.2) is 0 Å². The van der Waals surface area contributed by atoms with E-state index >= 15 is 0 Å². The van der Waals surface area contributed by atoms with Gasteiger partial charge in [0.05, 0.1) is 11.0 Å². The summed E-state index contributed by atoms with van der Waals surface area (Å²) >= 11 is 4.84. The Balaban J connectivity index is 2.65. The molecular formula is C7H12N2OS. The van der Waals surface area contributed by atoms with E-state index in [1.54, 1.807) is 11.8 Å². The second kappa shape index (κ2) is 3.17. The van der Waals surface area contributed by atoms with Gasteiger partial charge in [0.1, 0.15) is 0 Å². The summed E-state index contributed by atoms with van der Waals surface area (Å²) in [6, 6.07) is 0.0162. The lowest BCUT2D eigenvalue weighted by atomic mass is 10.2. The molecule has 0 saturated carbocycles. The third kappa shape index (κ3) is 1.68. The Hall–Kier alpha value is -0.640. The molecule has 3 nitrogen and oxygen atoms in total. The predicted molar refractivity (Wildman–Crippen MR) is 47.2 cm³/mol. The Kier molecular flexibility index (Phi) is 2.44. The molecule has 2 N–H and O–H groups in total. The normalized spacial score (nSPS) is 23.7. The number of nitrogens with zero attached hydrogens (tertiary/aromatic N) is 1. The van der Waals surface area contributed by atoms with Crippen molar-refractivity contribution in [3.8, 4) is 0 Å². The molecule has 0 unspecified atom stereocenters. The van der Waals surface area contributed by atoms with E-state index in [1.165, 1.54) is 0 Å². The van der Waals surface area contributed by atoms with Gasteiger partial charge in [-0.1, -0.05) is 12.2 Å². The molecule has 4 heteroatoms. The SMILES string of the molecule is CC(=O)N1CCC[C@@H]1C(N)=S. The van der Waals surface area contributed by atoms with E-state index in [1.807, 2.05) is 0 Å². The van der Waals surface area contributed by atoms with Crippen LogP contribution < -0.4 is 5.73 Å². The van der Waals surface area contributed by atoms with Crippen LogP contribution >= 0.6 is 12.2 Å². The maximum Gasteiger partial charge on any atom is 0.220 e. The summed E-state index contributed by atoms with van der Waals surface area (Å²) in [5, 5.41) is 0. The number of likely N-dealkylation sites (tertiary alicyclic amines) is 1. The maximum atomic E-state index is 11.0. The van der Waals surface area contributed by atoms with Gasteiger partial charge >= 0.3 is 0 Å². The van der Waals surface area contributed by atoms with Gasteiger partial charge in [0.2, 0.25) is 5.91 Å². The standard InChI is InChI=1S/C7H12N2OS/c1-5(10)9-4-2-3-6(9)7(8)11/h6H,2-4H2,1H3,(H2,8,11)/t6-/m1/s1. The van der Waals surface area contributed by atoms with E-state index in [0.717, 1.165) is 19.4 Å². The average molecular weight is 172 g/mol. The molecule has 0 aromatic heterocycles. The number of hydrogen-bond donors (Lipinski definition) is 1. The Morgan fingerprint density at radius 1 is 1.73 bits per heavy atom. The van der Waals surface area contributed by atoms with E-state index < -0.39 is 0 Å². The quantitative estimate of drug-likeness (QED) is 0.578. The van der Waals surface area contributed by atoms with Gasteiger partial charge < -0.3 is 10.6 Å². The largest absolute Gasteiger partial charge is 0.392 e. The Morgan fingerprint density at radius 3 is 2.73 bits per heavy atom. The number of carbonyl (C=O) groups is 1. The number of hydrogen-bond acceptors (Lipinski definition) is 2. The minimum atomic E-state index is 0.0162. The van der Waals surface area contributed by atoms with Crippen molar-refractivity contribution in [3.05, 3.63) is 0 Å². The molecule has 1 aliphatic heterocycles. The zero-order chi connectivity index (χ0) is 8.43. The second-order valence-electron chi connectivity index (χ2n) is 2.77. The fourth-order valence-electron chi connectivity index (χ4n) is 1.44. The van der Waals surface area contributed by atoms with Crippen molar-refractivity contribution in [1.29, 1.82) is 0 Å². The van der Waals surface area contributed by atoms with Gasteiger partial charge in [-0.25, -0.2) is 0 Å². The Morgan fingerprint density at radius 2 is 2.36 bits per heavy atom. The molecule has 62 valence electrons. The molecule has 1 aliphatic rings. The van der Waals surface area contributed by atoms with Crippen molar-refractivity contribution in [1.82, 2.24) is 4.90 Å². The first-order valence-electron chi connectivity index (χ1n) is 3.69. The molecule has 0 radical (unpaired) electrons. The highest BCUT2D eigenvalue weighted by Crippen LogP contribution is 2.16. The van der Waals surface area contributed by atoms with Crippen LogP contribution in [0.4, 0.5) is 0 Å². The number of nitrogens with two attached hydrogens (primary N) is 1. The van der Waals surface area contributed by atoms with E-state index in [4.69, 9.17) is 18.0 Å². The Labute approximate surface area is 71.5 Å². The van der Waals surface area contributed by atoms with Crippen molar-refractivity contribution in [2.45, 2.75) is 25.8 Å². The molecule has 0 aromatic rings. The second-order valence-corrected chi connectivity index (χ2v) is 3.24. The van der Waals surface area contributed by atoms with Crippen LogP contribution in [0.3, 0.4) is 0 Å². The molecule has 1 amide bonds. The molecule has 1 fully saturated rings. The summed E-state index contributed by atoms with van der Waals surface area (Å²) in [6.45, 7) is 2.36. The summed E-state index contributed by atoms with van der Waals surface area (Å²) < 4.78 is 0. The zero-order valence-corrected chi connectivity index (χ0v) is 7.36. The fourth-order valence-corrected chi connectivity index (χ4v) is 1.68. The molecule has 11 heavy (non-hydrogen) atoms. The van der Waals surface area contributed by atoms with E-state index in [-0.39, 0.29) is 11.9 Å². The molecule has 0 spiro atoms. The number of thiocarbonyl (C=S) groups is 1. The topological polar surface area (TPSA) is 46.3 Å². The number of rotatable bonds is 1. The molecule has 1 atom stereocenters. The van der Waals surface area contributed by atoms with Gasteiger partial charge in [-0.05, 0) is 12.8 Å². The summed E-state index contributed by atoms with van der Waals surface area (Å²) in [6.07, 6.45) is 1.94. The Bertz CT molecular complexity index is 173. The van der Waals surface area contributed by atoms with Crippen LogP contribution in [0, 0.1) is 0 Å². The highest BCUT2D eigenvalue weighted by atomic mass is 32.1. The highest BCUT2D eigenvalue weighted by Gasteiger charge is 2.27. The molecule has 1 rings (SSSR count). The average Bonchev–Trinajstić information content (AvgIpc) is 2.32. The van der Waals surface area contributed by atoms with Crippen molar-refractivity contribution < 1.29 is 4.79 Å². The first-order chi connectivity index (χ1) is 5.13. The fraction of sp³-hybridized carbons (Fsp3) is 0.714. The highest BCUT2D eigenvalue weighted by molar-refractivity contribution is 7.80. The van der Waals surface area contributed by atoms with Gasteiger partial charge in [0, 0.05) is 13.5 Å². The van der Waals surface area contributed by atoms with Crippen molar-refractivity contribution in [2.75, 3.05) is 6.54 Å². The van der Waals surface area contributed by atoms with Gasteiger partial charge in [-0.15, -0.1) is 0 Å². The maximum absolute atomic E-state index is 11.0. The molecule has 1 heterocycles. The summed E-state index contributed by atoms with van der Waals surface area (Å²) in [5.74, 6) is 0.0697. The van der Waals surface area contributed by atoms with Crippen molar-refractivity contribution in [3.63, 3.8) is 0 Å². The van der Waals surface area contributed by atoms with Crippen LogP contribution in [0.5, 0.6) is 0 Å². The smallest absolute Gasteiger partial charge is 0.220 e. The van der Waals surface area contributed by atoms with Crippen LogP contribution in [0.1, 0.15) is 19.8 Å². The third-order valence-electron chi connectivity index (χ3n) is 1.99. The summed E-state index contributed by atoms with van der Waals surface area (Å²) in [5.41, 5.74) is 5.46. The number of carbonyl (C=O) groups excluding carboxylic acids is 1. The zero-order valence-electron chi connectivity index (χ0n) is 6.54. The van der Waals surface area contributed by atoms with Crippen LogP contribution in [-0.4, -0.2) is 28.4 Å². The molecule has 0 aliphatic carbocycles. The van der Waals surface area contributed by atoms with Crippen LogP contribution in [0.2, 0.25) is 0 Å². The third-order valence-corrected chi connectivity index (χ3v) is 2.26. The van der Waals surface area contributed by atoms with E-state index in [2.05, 4.69) is 0 Å². The first kappa shape index (κ1) is 8.46. The molecule has 0 bridgehead atoms. The van der Waals surface area contributed by atoms with Gasteiger partial charge in [0.25, 0.3) is 0 Å². The number of amides is 1. The molecule has 0 aromatic carbocycles. The lowest BCUT2D eigenvalue weighted by Gasteiger charge is -2.21. The van der Waals surface area contributed by atoms with E-state index in [9.17, 15) is 4.79 Å². The summed E-state index contributed by atoms with van der Waals surface area (Å²) in [4.78, 5) is 13.2. The van der Waals surface area contributed by atoms with Gasteiger partial charge in [-0.2, -0.15) is 0 Å². The van der Waals surface area contributed by atoms with Crippen LogP contribution in [0.25, 0.3) is 0 Å².